The molecule has 85 valence electrons. The Hall–Kier alpha value is -1.96. The summed E-state index contributed by atoms with van der Waals surface area (Å²) in [5.74, 6) is 1.67. The lowest BCUT2D eigenvalue weighted by Gasteiger charge is -2.03. The molecule has 0 bridgehead atoms. The Kier molecular flexibility index (Phi) is 2.70. The number of benzene rings is 2. The molecule has 2 nitrogen and oxygen atoms in total. The summed E-state index contributed by atoms with van der Waals surface area (Å²) in [4.78, 5) is 0. The van der Waals surface area contributed by atoms with Crippen LogP contribution in [0.4, 0.5) is 0 Å². The molecule has 2 aromatic rings. The van der Waals surface area contributed by atoms with Gasteiger partial charge in [0, 0.05) is 0 Å². The molecule has 0 aliphatic carbocycles. The van der Waals surface area contributed by atoms with E-state index in [0.29, 0.717) is 6.79 Å². The Balaban J connectivity index is 1.70. The highest BCUT2D eigenvalue weighted by atomic mass is 16.7. The molecule has 0 amide bonds. The summed E-state index contributed by atoms with van der Waals surface area (Å²) in [6, 6.07) is 16.4. The third-order valence-corrected chi connectivity index (χ3v) is 2.81. The maximum Gasteiger partial charge on any atom is 0.231 e. The summed E-state index contributed by atoms with van der Waals surface area (Å²) in [5, 5.41) is 0. The first-order valence-corrected chi connectivity index (χ1v) is 5.68. The molecule has 0 aromatic heterocycles. The van der Waals surface area contributed by atoms with Gasteiger partial charge in [-0.25, -0.2) is 0 Å². The molecular formula is C15H13O2. The third kappa shape index (κ3) is 2.26. The molecule has 0 saturated heterocycles. The molecule has 1 radical (unpaired) electrons. The Morgan fingerprint density at radius 2 is 1.76 bits per heavy atom. The summed E-state index contributed by atoms with van der Waals surface area (Å²) in [5.41, 5.74) is 2.48. The zero-order valence-corrected chi connectivity index (χ0v) is 9.43. The molecule has 0 N–H and O–H groups in total. The van der Waals surface area contributed by atoms with Crippen LogP contribution in [0.3, 0.4) is 0 Å². The minimum Gasteiger partial charge on any atom is -0.454 e. The molecule has 0 unspecified atom stereocenters. The zero-order valence-electron chi connectivity index (χ0n) is 9.43. The van der Waals surface area contributed by atoms with E-state index in [-0.39, 0.29) is 0 Å². The molecule has 0 spiro atoms. The molecule has 1 heterocycles. The van der Waals surface area contributed by atoms with Crippen LogP contribution in [0.25, 0.3) is 0 Å². The van der Waals surface area contributed by atoms with Gasteiger partial charge in [-0.3, -0.25) is 0 Å². The van der Waals surface area contributed by atoms with E-state index in [4.69, 9.17) is 9.47 Å². The van der Waals surface area contributed by atoms with Gasteiger partial charge in [-0.05, 0) is 36.1 Å². The van der Waals surface area contributed by atoms with Crippen LogP contribution in [-0.2, 0) is 6.42 Å². The van der Waals surface area contributed by atoms with Crippen molar-refractivity contribution < 1.29 is 9.47 Å². The largest absolute Gasteiger partial charge is 0.454 e. The highest BCUT2D eigenvalue weighted by Gasteiger charge is 2.12. The highest BCUT2D eigenvalue weighted by molar-refractivity contribution is 5.46. The van der Waals surface area contributed by atoms with Gasteiger partial charge in [0.15, 0.2) is 11.5 Å². The minimum absolute atomic E-state index is 0.331. The number of hydrogen-bond donors (Lipinski definition) is 0. The second-order valence-electron chi connectivity index (χ2n) is 4.01. The normalized spacial score (nSPS) is 12.7. The lowest BCUT2D eigenvalue weighted by molar-refractivity contribution is 0.174. The molecule has 2 heteroatoms. The summed E-state index contributed by atoms with van der Waals surface area (Å²) >= 11 is 0. The average molecular weight is 225 g/mol. The van der Waals surface area contributed by atoms with Gasteiger partial charge in [0.05, 0.1) is 0 Å². The molecule has 1 aliphatic heterocycles. The molecule has 0 atom stereocenters. The summed E-state index contributed by atoms with van der Waals surface area (Å²) in [7, 11) is 0. The van der Waals surface area contributed by atoms with Crippen molar-refractivity contribution >= 4 is 0 Å². The molecule has 1 aliphatic rings. The van der Waals surface area contributed by atoms with Crippen LogP contribution in [0.5, 0.6) is 11.5 Å². The van der Waals surface area contributed by atoms with Crippen LogP contribution in [-0.4, -0.2) is 6.79 Å². The van der Waals surface area contributed by atoms with Crippen molar-refractivity contribution in [3.63, 3.8) is 0 Å². The Bertz CT molecular complexity index is 506. The monoisotopic (exact) mass is 225 g/mol. The third-order valence-electron chi connectivity index (χ3n) is 2.81. The first-order valence-electron chi connectivity index (χ1n) is 5.68. The Labute approximate surface area is 101 Å². The van der Waals surface area contributed by atoms with Gasteiger partial charge in [0.25, 0.3) is 0 Å². The van der Waals surface area contributed by atoms with Crippen LogP contribution in [0.1, 0.15) is 11.1 Å². The van der Waals surface area contributed by atoms with Crippen molar-refractivity contribution in [2.75, 3.05) is 6.79 Å². The standard InChI is InChI=1S/C15H13O2/c1-2-4-12(5-3-1)6-7-13-8-9-14-15(10-13)17-11-16-14/h1-5,7-10H,6,11H2. The van der Waals surface area contributed by atoms with Crippen molar-refractivity contribution in [1.82, 2.24) is 0 Å². The minimum atomic E-state index is 0.331. The van der Waals surface area contributed by atoms with Crippen LogP contribution < -0.4 is 9.47 Å². The fraction of sp³-hybridized carbons (Fsp3) is 0.133. The lowest BCUT2D eigenvalue weighted by Crippen LogP contribution is -1.93. The SMILES string of the molecule is [CH](Cc1ccccc1)c1ccc2c(c1)OCO2. The first-order chi connectivity index (χ1) is 8.42. The van der Waals surface area contributed by atoms with Gasteiger partial charge < -0.3 is 9.47 Å². The van der Waals surface area contributed by atoms with Gasteiger partial charge in [-0.2, -0.15) is 0 Å². The van der Waals surface area contributed by atoms with Crippen molar-refractivity contribution in [3.8, 4) is 11.5 Å². The number of hydrogen-bond acceptors (Lipinski definition) is 2. The molecule has 17 heavy (non-hydrogen) atoms. The summed E-state index contributed by atoms with van der Waals surface area (Å²) in [6.07, 6.45) is 3.12. The second-order valence-corrected chi connectivity index (χ2v) is 4.01. The van der Waals surface area contributed by atoms with Crippen molar-refractivity contribution in [2.45, 2.75) is 6.42 Å². The van der Waals surface area contributed by atoms with E-state index in [1.54, 1.807) is 0 Å². The fourth-order valence-electron chi connectivity index (χ4n) is 1.89. The van der Waals surface area contributed by atoms with Crippen molar-refractivity contribution in [3.05, 3.63) is 66.1 Å². The topological polar surface area (TPSA) is 18.5 Å². The van der Waals surface area contributed by atoms with E-state index in [1.807, 2.05) is 18.2 Å². The van der Waals surface area contributed by atoms with Crippen molar-refractivity contribution in [1.29, 1.82) is 0 Å². The summed E-state index contributed by atoms with van der Waals surface area (Å²) in [6.45, 7) is 0.331. The Morgan fingerprint density at radius 3 is 2.65 bits per heavy atom. The molecular weight excluding hydrogens is 212 g/mol. The van der Waals surface area contributed by atoms with Crippen molar-refractivity contribution in [2.24, 2.45) is 0 Å². The van der Waals surface area contributed by atoms with E-state index >= 15 is 0 Å². The fourth-order valence-corrected chi connectivity index (χ4v) is 1.89. The number of rotatable bonds is 3. The smallest absolute Gasteiger partial charge is 0.231 e. The first kappa shape index (κ1) is 10.2. The molecule has 0 saturated carbocycles. The van der Waals surface area contributed by atoms with Crippen LogP contribution in [0.2, 0.25) is 0 Å². The highest BCUT2D eigenvalue weighted by Crippen LogP contribution is 2.33. The number of ether oxygens (including phenoxy) is 2. The van der Waals surface area contributed by atoms with E-state index in [0.717, 1.165) is 23.5 Å². The predicted octanol–water partition coefficient (Wildman–Crippen LogP) is 3.21. The van der Waals surface area contributed by atoms with E-state index in [1.165, 1.54) is 5.56 Å². The molecule has 2 aromatic carbocycles. The van der Waals surface area contributed by atoms with Gasteiger partial charge >= 0.3 is 0 Å². The number of fused-ring (bicyclic) bond motifs is 1. The van der Waals surface area contributed by atoms with Gasteiger partial charge in [-0.15, -0.1) is 0 Å². The predicted molar refractivity (Wildman–Crippen MR) is 66.1 cm³/mol. The van der Waals surface area contributed by atoms with E-state index < -0.39 is 0 Å². The maximum absolute atomic E-state index is 5.35. The lowest BCUT2D eigenvalue weighted by atomic mass is 10.0. The second kappa shape index (κ2) is 4.50. The average Bonchev–Trinajstić information content (AvgIpc) is 2.85. The van der Waals surface area contributed by atoms with E-state index in [2.05, 4.69) is 36.8 Å². The van der Waals surface area contributed by atoms with Gasteiger partial charge in [0.2, 0.25) is 6.79 Å². The van der Waals surface area contributed by atoms with Crippen LogP contribution in [0, 0.1) is 6.42 Å². The summed E-state index contributed by atoms with van der Waals surface area (Å²) < 4.78 is 10.6. The van der Waals surface area contributed by atoms with E-state index in [9.17, 15) is 0 Å². The van der Waals surface area contributed by atoms with Gasteiger partial charge in [0.1, 0.15) is 0 Å². The maximum atomic E-state index is 5.35. The Morgan fingerprint density at radius 1 is 0.941 bits per heavy atom. The quantitative estimate of drug-likeness (QED) is 0.798. The van der Waals surface area contributed by atoms with Crippen LogP contribution >= 0.6 is 0 Å². The zero-order chi connectivity index (χ0) is 11.5. The van der Waals surface area contributed by atoms with Gasteiger partial charge in [-0.1, -0.05) is 36.4 Å². The molecule has 3 rings (SSSR count). The van der Waals surface area contributed by atoms with Crippen LogP contribution in [0.15, 0.2) is 48.5 Å². The molecule has 0 fully saturated rings.